The Morgan fingerprint density at radius 1 is 1.04 bits per heavy atom. The maximum atomic E-state index is 11.7. The topological polar surface area (TPSA) is 59.1 Å². The van der Waals surface area contributed by atoms with E-state index >= 15 is 0 Å². The molecular formula is C20H22N2O2S2. The van der Waals surface area contributed by atoms with Gasteiger partial charge >= 0.3 is 0 Å². The van der Waals surface area contributed by atoms with Crippen molar-refractivity contribution in [3.63, 3.8) is 0 Å². The molecule has 0 amide bonds. The number of hydrogen-bond donors (Lipinski definition) is 1. The molecule has 3 rings (SSSR count). The van der Waals surface area contributed by atoms with Crippen LogP contribution in [0.2, 0.25) is 0 Å². The molecule has 6 heteroatoms. The summed E-state index contributed by atoms with van der Waals surface area (Å²) in [6.07, 6.45) is 0. The van der Waals surface area contributed by atoms with Crippen molar-refractivity contribution in [2.45, 2.75) is 26.1 Å². The normalized spacial score (nSPS) is 11.5. The lowest BCUT2D eigenvalue weighted by molar-refractivity contribution is 0.596. The zero-order valence-corrected chi connectivity index (χ0v) is 16.5. The molecule has 4 nitrogen and oxygen atoms in total. The lowest BCUT2D eigenvalue weighted by Crippen LogP contribution is -2.06. The van der Waals surface area contributed by atoms with Crippen molar-refractivity contribution in [3.8, 4) is 10.6 Å². The molecule has 0 saturated heterocycles. The Kier molecular flexibility index (Phi) is 5.74. The van der Waals surface area contributed by atoms with E-state index in [-0.39, 0.29) is 11.5 Å². The van der Waals surface area contributed by atoms with Crippen molar-refractivity contribution in [2.24, 2.45) is 0 Å². The van der Waals surface area contributed by atoms with E-state index in [0.717, 1.165) is 27.5 Å². The Balaban J connectivity index is 1.60. The third kappa shape index (κ3) is 4.93. The molecule has 1 heterocycles. The molecule has 0 aliphatic carbocycles. The van der Waals surface area contributed by atoms with Crippen LogP contribution in [0.4, 0.5) is 5.69 Å². The summed E-state index contributed by atoms with van der Waals surface area (Å²) in [6, 6.07) is 15.9. The summed E-state index contributed by atoms with van der Waals surface area (Å²) in [7, 11) is -3.00. The number of aromatic nitrogens is 1. The largest absolute Gasteiger partial charge is 0.379 e. The zero-order valence-electron chi connectivity index (χ0n) is 14.9. The number of rotatable bonds is 7. The monoisotopic (exact) mass is 386 g/mol. The van der Waals surface area contributed by atoms with E-state index in [2.05, 4.69) is 46.9 Å². The molecule has 0 aliphatic rings. The van der Waals surface area contributed by atoms with Gasteiger partial charge in [0.05, 0.1) is 18.0 Å². The molecule has 136 valence electrons. The minimum atomic E-state index is -3.00. The van der Waals surface area contributed by atoms with Crippen molar-refractivity contribution >= 4 is 26.9 Å². The molecule has 1 N–H and O–H groups in total. The second-order valence-corrected chi connectivity index (χ2v) is 9.45. The smallest absolute Gasteiger partial charge is 0.154 e. The van der Waals surface area contributed by atoms with Crippen molar-refractivity contribution in [1.29, 1.82) is 0 Å². The van der Waals surface area contributed by atoms with Gasteiger partial charge in [0, 0.05) is 22.4 Å². The summed E-state index contributed by atoms with van der Waals surface area (Å²) in [6.45, 7) is 4.38. The summed E-state index contributed by atoms with van der Waals surface area (Å²) in [5.74, 6) is 0.260. The predicted molar refractivity (Wildman–Crippen MR) is 109 cm³/mol. The highest BCUT2D eigenvalue weighted by atomic mass is 32.2. The van der Waals surface area contributed by atoms with E-state index in [1.54, 1.807) is 18.3 Å². The van der Waals surface area contributed by atoms with Gasteiger partial charge in [0.2, 0.25) is 0 Å². The average molecular weight is 387 g/mol. The molecule has 0 unspecified atom stereocenters. The highest BCUT2D eigenvalue weighted by Crippen LogP contribution is 2.24. The highest BCUT2D eigenvalue weighted by molar-refractivity contribution is 7.90. The van der Waals surface area contributed by atoms with Gasteiger partial charge < -0.3 is 5.32 Å². The Hall–Kier alpha value is -2.18. The Morgan fingerprint density at radius 3 is 2.38 bits per heavy atom. The van der Waals surface area contributed by atoms with Crippen LogP contribution in [0.3, 0.4) is 0 Å². The van der Waals surface area contributed by atoms with Gasteiger partial charge in [-0.1, -0.05) is 48.9 Å². The number of thiazole rings is 1. The maximum Gasteiger partial charge on any atom is 0.154 e. The Labute approximate surface area is 158 Å². The second-order valence-electron chi connectivity index (χ2n) is 6.24. The number of hydrogen-bond acceptors (Lipinski definition) is 5. The van der Waals surface area contributed by atoms with Crippen molar-refractivity contribution < 1.29 is 8.42 Å². The molecule has 0 bridgehead atoms. The summed E-state index contributed by atoms with van der Waals surface area (Å²) < 4.78 is 23.4. The van der Waals surface area contributed by atoms with Crippen LogP contribution >= 0.6 is 11.3 Å². The number of nitrogens with zero attached hydrogens (tertiary/aromatic N) is 1. The molecule has 0 atom stereocenters. The molecular weight excluding hydrogens is 364 g/mol. The molecule has 3 aromatic rings. The van der Waals surface area contributed by atoms with E-state index in [9.17, 15) is 8.42 Å². The van der Waals surface area contributed by atoms with Crippen molar-refractivity contribution in [1.82, 2.24) is 4.98 Å². The summed E-state index contributed by atoms with van der Waals surface area (Å²) >= 11 is 1.64. The Bertz CT molecular complexity index is 960. The average Bonchev–Trinajstić information content (AvgIpc) is 3.10. The van der Waals surface area contributed by atoms with Gasteiger partial charge in [-0.25, -0.2) is 13.4 Å². The van der Waals surface area contributed by atoms with Crippen LogP contribution in [0, 0.1) is 6.92 Å². The van der Waals surface area contributed by atoms with Gasteiger partial charge in [0.15, 0.2) is 9.84 Å². The van der Waals surface area contributed by atoms with Gasteiger partial charge in [-0.2, -0.15) is 0 Å². The Morgan fingerprint density at radius 2 is 1.73 bits per heavy atom. The minimum Gasteiger partial charge on any atom is -0.379 e. The van der Waals surface area contributed by atoms with E-state index in [1.807, 2.05) is 24.3 Å². The highest BCUT2D eigenvalue weighted by Gasteiger charge is 2.09. The number of benzene rings is 2. The van der Waals surface area contributed by atoms with E-state index in [4.69, 9.17) is 0 Å². The molecule has 2 aromatic carbocycles. The van der Waals surface area contributed by atoms with Crippen molar-refractivity contribution in [2.75, 3.05) is 11.1 Å². The van der Waals surface area contributed by atoms with Gasteiger partial charge in [0.25, 0.3) is 0 Å². The van der Waals surface area contributed by atoms with Crippen LogP contribution in [-0.4, -0.2) is 19.2 Å². The minimum absolute atomic E-state index is 0.0930. The molecule has 0 fully saturated rings. The number of nitrogens with one attached hydrogen (secondary N) is 1. The first kappa shape index (κ1) is 18.6. The summed E-state index contributed by atoms with van der Waals surface area (Å²) in [5.41, 5.74) is 5.12. The fourth-order valence-corrected chi connectivity index (χ4v) is 4.21. The number of aryl methyl sites for hydroxylation is 1. The molecule has 0 aliphatic heterocycles. The number of anilines is 1. The van der Waals surface area contributed by atoms with Crippen LogP contribution in [0.25, 0.3) is 10.6 Å². The maximum absolute atomic E-state index is 11.7. The predicted octanol–water partition coefficient (Wildman–Crippen LogP) is 4.67. The van der Waals surface area contributed by atoms with E-state index in [1.165, 1.54) is 5.56 Å². The third-order valence-corrected chi connectivity index (χ3v) is 6.70. The fraction of sp³-hybridized carbons (Fsp3) is 0.250. The number of sulfone groups is 1. The fourth-order valence-electron chi connectivity index (χ4n) is 2.48. The quantitative estimate of drug-likeness (QED) is 0.641. The van der Waals surface area contributed by atoms with Crippen LogP contribution < -0.4 is 5.32 Å². The van der Waals surface area contributed by atoms with E-state index in [0.29, 0.717) is 6.54 Å². The summed E-state index contributed by atoms with van der Waals surface area (Å²) in [5, 5.41) is 6.41. The van der Waals surface area contributed by atoms with Gasteiger partial charge in [0.1, 0.15) is 5.01 Å². The first-order valence-electron chi connectivity index (χ1n) is 8.50. The first-order chi connectivity index (χ1) is 12.4. The molecule has 0 spiro atoms. The zero-order chi connectivity index (χ0) is 18.6. The lowest BCUT2D eigenvalue weighted by Gasteiger charge is -2.06. The third-order valence-electron chi connectivity index (χ3n) is 4.10. The van der Waals surface area contributed by atoms with Crippen LogP contribution in [-0.2, 0) is 22.1 Å². The van der Waals surface area contributed by atoms with Crippen molar-refractivity contribution in [3.05, 3.63) is 70.7 Å². The van der Waals surface area contributed by atoms with Crippen LogP contribution in [0.5, 0.6) is 0 Å². The molecule has 0 radical (unpaired) electrons. The second kappa shape index (κ2) is 8.01. The molecule has 1 aromatic heterocycles. The first-order valence-corrected chi connectivity index (χ1v) is 11.2. The summed E-state index contributed by atoms with van der Waals surface area (Å²) in [4.78, 5) is 4.68. The van der Waals surface area contributed by atoms with Gasteiger partial charge in [-0.15, -0.1) is 11.3 Å². The van der Waals surface area contributed by atoms with E-state index < -0.39 is 9.84 Å². The van der Waals surface area contributed by atoms with Crippen LogP contribution in [0.15, 0.2) is 53.9 Å². The molecule has 0 saturated carbocycles. The molecule has 26 heavy (non-hydrogen) atoms. The van der Waals surface area contributed by atoms with Gasteiger partial charge in [-0.3, -0.25) is 0 Å². The van der Waals surface area contributed by atoms with Crippen LogP contribution in [0.1, 0.15) is 23.7 Å². The SMILES string of the molecule is CCS(=O)(=O)Cc1ccc(NCc2csc(-c3ccc(C)cc3)n2)cc1. The van der Waals surface area contributed by atoms with Gasteiger partial charge in [-0.05, 0) is 24.6 Å². The lowest BCUT2D eigenvalue weighted by atomic mass is 10.2. The standard InChI is InChI=1S/C20H22N2O2S2/c1-3-26(23,24)14-16-6-10-18(11-7-16)21-12-19-13-25-20(22-19)17-8-4-15(2)5-9-17/h4-11,13,21H,3,12,14H2,1-2H3.